The molecule has 0 radical (unpaired) electrons. The molecule has 0 bridgehead atoms. The first-order chi connectivity index (χ1) is 12.8. The van der Waals surface area contributed by atoms with E-state index < -0.39 is 0 Å². The van der Waals surface area contributed by atoms with Gasteiger partial charge in [0.2, 0.25) is 0 Å². The number of nitrogens with zero attached hydrogens (tertiary/aromatic N) is 2. The van der Waals surface area contributed by atoms with Crippen molar-refractivity contribution >= 4 is 17.3 Å². The second-order valence-electron chi connectivity index (χ2n) is 6.61. The Balaban J connectivity index is 1.61. The molecular formula is C20H28N4OS. The van der Waals surface area contributed by atoms with E-state index in [9.17, 15) is 0 Å². The molecule has 6 heteroatoms. The SMILES string of the molecule is CCc1cnc(CNC(=NC)NCC2(c3ccccc3)CCOCC2)s1. The van der Waals surface area contributed by atoms with Crippen LogP contribution in [0.3, 0.4) is 0 Å². The van der Waals surface area contributed by atoms with Gasteiger partial charge in [0, 0.05) is 43.3 Å². The van der Waals surface area contributed by atoms with Gasteiger partial charge in [0.1, 0.15) is 5.01 Å². The number of aliphatic imine (C=N–C) groups is 1. The van der Waals surface area contributed by atoms with E-state index in [2.05, 4.69) is 57.9 Å². The first-order valence-electron chi connectivity index (χ1n) is 9.27. The number of guanidine groups is 1. The smallest absolute Gasteiger partial charge is 0.191 e. The van der Waals surface area contributed by atoms with E-state index >= 15 is 0 Å². The van der Waals surface area contributed by atoms with Gasteiger partial charge in [-0.1, -0.05) is 37.3 Å². The van der Waals surface area contributed by atoms with E-state index in [1.54, 1.807) is 11.3 Å². The minimum Gasteiger partial charge on any atom is -0.381 e. The zero-order valence-electron chi connectivity index (χ0n) is 15.6. The van der Waals surface area contributed by atoms with Crippen LogP contribution in [0.15, 0.2) is 41.5 Å². The van der Waals surface area contributed by atoms with Crippen LogP contribution in [0.4, 0.5) is 0 Å². The monoisotopic (exact) mass is 372 g/mol. The fourth-order valence-electron chi connectivity index (χ4n) is 3.35. The number of ether oxygens (including phenoxy) is 1. The zero-order valence-corrected chi connectivity index (χ0v) is 16.4. The maximum Gasteiger partial charge on any atom is 0.191 e. The van der Waals surface area contributed by atoms with Crippen LogP contribution in [0.5, 0.6) is 0 Å². The Labute approximate surface area is 159 Å². The molecule has 2 heterocycles. The van der Waals surface area contributed by atoms with Gasteiger partial charge in [-0.3, -0.25) is 4.99 Å². The predicted octanol–water partition coefficient (Wildman–Crippen LogP) is 3.12. The Hall–Kier alpha value is -1.92. The maximum atomic E-state index is 5.62. The lowest BCUT2D eigenvalue weighted by Crippen LogP contribution is -2.47. The van der Waals surface area contributed by atoms with Crippen molar-refractivity contribution in [1.29, 1.82) is 0 Å². The van der Waals surface area contributed by atoms with Crippen molar-refractivity contribution in [3.05, 3.63) is 52.0 Å². The molecule has 0 unspecified atom stereocenters. The van der Waals surface area contributed by atoms with E-state index in [1.165, 1.54) is 10.4 Å². The van der Waals surface area contributed by atoms with Gasteiger partial charge in [-0.15, -0.1) is 11.3 Å². The summed E-state index contributed by atoms with van der Waals surface area (Å²) in [5, 5.41) is 8.01. The largest absolute Gasteiger partial charge is 0.381 e. The molecule has 1 aromatic carbocycles. The molecule has 0 aliphatic carbocycles. The number of thiazole rings is 1. The fourth-order valence-corrected chi connectivity index (χ4v) is 4.15. The first kappa shape index (κ1) is 18.9. The average molecular weight is 373 g/mol. The van der Waals surface area contributed by atoms with Gasteiger partial charge < -0.3 is 15.4 Å². The predicted molar refractivity (Wildman–Crippen MR) is 108 cm³/mol. The number of aryl methyl sites for hydroxylation is 1. The molecule has 1 fully saturated rings. The summed E-state index contributed by atoms with van der Waals surface area (Å²) in [7, 11) is 1.81. The summed E-state index contributed by atoms with van der Waals surface area (Å²) in [5.74, 6) is 0.819. The van der Waals surface area contributed by atoms with Crippen LogP contribution in [-0.4, -0.2) is 37.7 Å². The molecular weight excluding hydrogens is 344 g/mol. The minimum absolute atomic E-state index is 0.0910. The van der Waals surface area contributed by atoms with Crippen LogP contribution < -0.4 is 10.6 Å². The van der Waals surface area contributed by atoms with Gasteiger partial charge in [0.25, 0.3) is 0 Å². The molecule has 5 nitrogen and oxygen atoms in total. The van der Waals surface area contributed by atoms with Crippen molar-refractivity contribution in [3.63, 3.8) is 0 Å². The quantitative estimate of drug-likeness (QED) is 0.604. The highest BCUT2D eigenvalue weighted by atomic mass is 32.1. The number of hydrogen-bond donors (Lipinski definition) is 2. The molecule has 0 amide bonds. The van der Waals surface area contributed by atoms with Gasteiger partial charge in [-0.05, 0) is 24.8 Å². The highest BCUT2D eigenvalue weighted by Crippen LogP contribution is 2.34. The van der Waals surface area contributed by atoms with Gasteiger partial charge in [-0.25, -0.2) is 4.98 Å². The summed E-state index contributed by atoms with van der Waals surface area (Å²) in [4.78, 5) is 10.2. The molecule has 1 saturated heterocycles. The second-order valence-corrected chi connectivity index (χ2v) is 7.81. The average Bonchev–Trinajstić information content (AvgIpc) is 3.18. The van der Waals surface area contributed by atoms with Gasteiger partial charge in [0.05, 0.1) is 6.54 Å². The standard InChI is InChI=1S/C20H28N4OS/c1-3-17-13-22-18(26-17)14-23-19(21-2)24-15-20(9-11-25-12-10-20)16-7-5-4-6-8-16/h4-8,13H,3,9-12,14-15H2,1-2H3,(H2,21,23,24). The highest BCUT2D eigenvalue weighted by Gasteiger charge is 2.34. The van der Waals surface area contributed by atoms with Crippen LogP contribution in [0, 0.1) is 0 Å². The summed E-state index contributed by atoms with van der Waals surface area (Å²) >= 11 is 1.75. The molecule has 0 saturated carbocycles. The molecule has 1 aliphatic heterocycles. The Morgan fingerprint density at radius 2 is 2.00 bits per heavy atom. The lowest BCUT2D eigenvalue weighted by molar-refractivity contribution is 0.0514. The van der Waals surface area contributed by atoms with Gasteiger partial charge in [-0.2, -0.15) is 0 Å². The normalized spacial score (nSPS) is 17.1. The molecule has 0 spiro atoms. The number of nitrogens with one attached hydrogen (secondary N) is 2. The maximum absolute atomic E-state index is 5.62. The molecule has 140 valence electrons. The zero-order chi connectivity index (χ0) is 18.2. The Kier molecular flexibility index (Phi) is 6.63. The van der Waals surface area contributed by atoms with Crippen molar-refractivity contribution in [3.8, 4) is 0 Å². The van der Waals surface area contributed by atoms with E-state index in [-0.39, 0.29) is 5.41 Å². The Morgan fingerprint density at radius 3 is 2.65 bits per heavy atom. The third-order valence-corrected chi connectivity index (χ3v) is 6.15. The van der Waals surface area contributed by atoms with Crippen LogP contribution >= 0.6 is 11.3 Å². The topological polar surface area (TPSA) is 58.5 Å². The Morgan fingerprint density at radius 1 is 1.23 bits per heavy atom. The van der Waals surface area contributed by atoms with Crippen molar-refractivity contribution < 1.29 is 4.74 Å². The second kappa shape index (κ2) is 9.14. The number of hydrogen-bond acceptors (Lipinski definition) is 4. The van der Waals surface area contributed by atoms with E-state index in [1.807, 2.05) is 13.2 Å². The summed E-state index contributed by atoms with van der Waals surface area (Å²) in [6.45, 7) is 5.31. The Bertz CT molecular complexity index is 708. The summed E-state index contributed by atoms with van der Waals surface area (Å²) < 4.78 is 5.62. The molecule has 2 N–H and O–H groups in total. The van der Waals surface area contributed by atoms with Crippen LogP contribution in [0.2, 0.25) is 0 Å². The van der Waals surface area contributed by atoms with Crippen molar-refractivity contribution in [2.24, 2.45) is 4.99 Å². The van der Waals surface area contributed by atoms with Crippen LogP contribution in [0.25, 0.3) is 0 Å². The van der Waals surface area contributed by atoms with Gasteiger partial charge in [0.15, 0.2) is 5.96 Å². The summed E-state index contributed by atoms with van der Waals surface area (Å²) in [6, 6.07) is 10.8. The van der Waals surface area contributed by atoms with Crippen LogP contribution in [0.1, 0.15) is 35.2 Å². The molecule has 3 rings (SSSR count). The van der Waals surface area contributed by atoms with Gasteiger partial charge >= 0.3 is 0 Å². The molecule has 1 aliphatic rings. The fraction of sp³-hybridized carbons (Fsp3) is 0.500. The van der Waals surface area contributed by atoms with E-state index in [0.717, 1.165) is 50.0 Å². The molecule has 0 atom stereocenters. The van der Waals surface area contributed by atoms with E-state index in [4.69, 9.17) is 4.74 Å². The van der Waals surface area contributed by atoms with Crippen LogP contribution in [-0.2, 0) is 23.1 Å². The summed E-state index contributed by atoms with van der Waals surface area (Å²) in [6.07, 6.45) is 5.04. The lowest BCUT2D eigenvalue weighted by Gasteiger charge is -2.38. The van der Waals surface area contributed by atoms with E-state index in [0.29, 0.717) is 6.54 Å². The summed E-state index contributed by atoms with van der Waals surface area (Å²) in [5.41, 5.74) is 1.46. The first-order valence-corrected chi connectivity index (χ1v) is 10.1. The van der Waals surface area contributed by atoms with Crippen molar-refractivity contribution in [1.82, 2.24) is 15.6 Å². The number of aromatic nitrogens is 1. The number of benzene rings is 1. The van der Waals surface area contributed by atoms with Crippen molar-refractivity contribution in [2.45, 2.75) is 38.1 Å². The molecule has 1 aromatic heterocycles. The number of rotatable bonds is 6. The third-order valence-electron chi connectivity index (χ3n) is 5.01. The minimum atomic E-state index is 0.0910. The van der Waals surface area contributed by atoms with Crippen molar-refractivity contribution in [2.75, 3.05) is 26.8 Å². The third kappa shape index (κ3) is 4.62. The highest BCUT2D eigenvalue weighted by molar-refractivity contribution is 7.11. The molecule has 2 aromatic rings. The lowest BCUT2D eigenvalue weighted by atomic mass is 9.74. The molecule has 26 heavy (non-hydrogen) atoms.